The molecule has 188 valence electrons. The average Bonchev–Trinajstić information content (AvgIpc) is 3.02. The van der Waals surface area contributed by atoms with Crippen molar-refractivity contribution in [3.05, 3.63) is 135 Å². The van der Waals surface area contributed by atoms with Crippen LogP contribution in [0.25, 0.3) is 45.0 Å². The van der Waals surface area contributed by atoms with Crippen LogP contribution in [0, 0.1) is 0 Å². The minimum absolute atomic E-state index is 0.828. The minimum atomic E-state index is 0.828. The van der Waals surface area contributed by atoms with E-state index in [1.807, 2.05) is 48.0 Å². The van der Waals surface area contributed by atoms with Crippen LogP contribution < -0.4 is 13.7 Å². The van der Waals surface area contributed by atoms with Crippen molar-refractivity contribution in [3.63, 3.8) is 0 Å². The molecule has 6 heteroatoms. The lowest BCUT2D eigenvalue weighted by Gasteiger charge is -2.09. The zero-order chi connectivity index (χ0) is 26.4. The quantitative estimate of drug-likeness (QED) is 0.295. The third-order valence-electron chi connectivity index (χ3n) is 6.72. The second-order valence-corrected chi connectivity index (χ2v) is 9.46. The summed E-state index contributed by atoms with van der Waals surface area (Å²) in [7, 11) is 2.03. The van der Waals surface area contributed by atoms with Crippen LogP contribution in [0.4, 0.5) is 0 Å². The van der Waals surface area contributed by atoms with Gasteiger partial charge < -0.3 is 0 Å². The van der Waals surface area contributed by atoms with Gasteiger partial charge in [-0.3, -0.25) is 9.97 Å². The maximum atomic E-state index is 4.88. The van der Waals surface area contributed by atoms with Crippen molar-refractivity contribution < 1.29 is 13.7 Å². The lowest BCUT2D eigenvalue weighted by molar-refractivity contribution is -0.778. The molecule has 0 saturated heterocycles. The fourth-order valence-corrected chi connectivity index (χ4v) is 4.51. The van der Waals surface area contributed by atoms with Crippen LogP contribution in [0.2, 0.25) is 0 Å². The monoisotopic (exact) mass is 509 g/mol. The van der Waals surface area contributed by atoms with Gasteiger partial charge in [-0.15, -0.1) is 0 Å². The van der Waals surface area contributed by atoms with Gasteiger partial charge in [-0.2, -0.15) is 9.13 Å². The van der Waals surface area contributed by atoms with Crippen LogP contribution >= 0.6 is 0 Å². The highest BCUT2D eigenvalue weighted by Crippen LogP contribution is 2.28. The van der Waals surface area contributed by atoms with Gasteiger partial charge in [-0.25, -0.2) is 9.55 Å². The number of aryl methyl sites for hydroxylation is 3. The van der Waals surface area contributed by atoms with E-state index in [1.165, 1.54) is 11.1 Å². The van der Waals surface area contributed by atoms with Crippen LogP contribution in [-0.4, -0.2) is 15.0 Å². The Kier molecular flexibility index (Phi) is 6.91. The first kappa shape index (κ1) is 24.2. The maximum Gasteiger partial charge on any atom is 0.206 e. The Morgan fingerprint density at radius 1 is 0.487 bits per heavy atom. The van der Waals surface area contributed by atoms with E-state index >= 15 is 0 Å². The Hall–Kier alpha value is -5.10. The summed E-state index contributed by atoms with van der Waals surface area (Å²) < 4.78 is 6.47. The van der Waals surface area contributed by atoms with E-state index in [0.29, 0.717) is 0 Å². The molecule has 0 bridgehead atoms. The van der Waals surface area contributed by atoms with Crippen LogP contribution in [0.1, 0.15) is 0 Å². The Labute approximate surface area is 228 Å². The van der Waals surface area contributed by atoms with Gasteiger partial charge in [0.25, 0.3) is 0 Å². The largest absolute Gasteiger partial charge is 0.255 e. The van der Waals surface area contributed by atoms with Gasteiger partial charge in [0.05, 0.1) is 22.8 Å². The SMILES string of the molecule is C[n+]1ccc(-c2cc[n+](CC[n+]3ccc(-c4cc(-c5ccccn5)nc(-c5ccccn5)c4)cc3)cc2)cc1. The second kappa shape index (κ2) is 11.1. The van der Waals surface area contributed by atoms with Gasteiger partial charge in [-0.1, -0.05) is 12.1 Å². The lowest BCUT2D eigenvalue weighted by Crippen LogP contribution is -2.43. The topological polar surface area (TPSA) is 50.3 Å². The molecule has 6 heterocycles. The summed E-state index contributed by atoms with van der Waals surface area (Å²) in [6.45, 7) is 1.76. The molecule has 6 aromatic heterocycles. The lowest BCUT2D eigenvalue weighted by atomic mass is 10.0. The minimum Gasteiger partial charge on any atom is -0.255 e. The summed E-state index contributed by atoms with van der Waals surface area (Å²) in [6.07, 6.45) is 16.3. The first-order chi connectivity index (χ1) is 19.2. The van der Waals surface area contributed by atoms with E-state index in [0.717, 1.165) is 47.0 Å². The molecule has 6 nitrogen and oxygen atoms in total. The average molecular weight is 510 g/mol. The predicted octanol–water partition coefficient (Wildman–Crippen LogP) is 4.64. The van der Waals surface area contributed by atoms with Crippen LogP contribution in [0.15, 0.2) is 135 Å². The normalized spacial score (nSPS) is 10.9. The van der Waals surface area contributed by atoms with E-state index in [2.05, 4.69) is 105 Å². The number of rotatable bonds is 7. The van der Waals surface area contributed by atoms with Crippen molar-refractivity contribution in [2.75, 3.05) is 0 Å². The summed E-state index contributed by atoms with van der Waals surface area (Å²) in [5.74, 6) is 0. The Bertz CT molecular complexity index is 1610. The molecule has 0 aliphatic rings. The second-order valence-electron chi connectivity index (χ2n) is 9.46. The van der Waals surface area contributed by atoms with Crippen molar-refractivity contribution in [1.29, 1.82) is 0 Å². The van der Waals surface area contributed by atoms with Gasteiger partial charge in [-0.05, 0) is 58.7 Å². The Morgan fingerprint density at radius 3 is 1.36 bits per heavy atom. The number of pyridine rings is 6. The predicted molar refractivity (Wildman–Crippen MR) is 150 cm³/mol. The standard InChI is InChI=1S/C33H29N6/c1-37-16-8-26(9-17-37)27-10-18-38(19-11-27)22-23-39-20-12-28(13-21-39)29-24-32(30-6-2-4-14-34-30)36-33(25-29)31-7-3-5-15-35-31/h2-21,24-25H,22-23H2,1H3/q+3. The molecular formula is C33H29N6+3. The van der Waals surface area contributed by atoms with Gasteiger partial charge in [0.2, 0.25) is 13.1 Å². The van der Waals surface area contributed by atoms with Crippen LogP contribution in [0.3, 0.4) is 0 Å². The molecule has 6 rings (SSSR count). The van der Waals surface area contributed by atoms with Crippen LogP contribution in [0.5, 0.6) is 0 Å². The van der Waals surface area contributed by atoms with E-state index < -0.39 is 0 Å². The first-order valence-corrected chi connectivity index (χ1v) is 13.0. The zero-order valence-corrected chi connectivity index (χ0v) is 21.8. The highest BCUT2D eigenvalue weighted by atomic mass is 15.0. The van der Waals surface area contributed by atoms with Gasteiger partial charge >= 0.3 is 0 Å². The summed E-state index contributed by atoms with van der Waals surface area (Å²) >= 11 is 0. The molecule has 0 aromatic carbocycles. The summed E-state index contributed by atoms with van der Waals surface area (Å²) in [5.41, 5.74) is 7.98. The van der Waals surface area contributed by atoms with Gasteiger partial charge in [0, 0.05) is 48.8 Å². The third-order valence-corrected chi connectivity index (χ3v) is 6.72. The Balaban J connectivity index is 1.20. The van der Waals surface area contributed by atoms with Crippen molar-refractivity contribution in [2.24, 2.45) is 7.05 Å². The molecule has 0 spiro atoms. The van der Waals surface area contributed by atoms with Crippen molar-refractivity contribution in [2.45, 2.75) is 13.1 Å². The van der Waals surface area contributed by atoms with E-state index in [1.54, 1.807) is 12.4 Å². The number of aromatic nitrogens is 6. The molecule has 0 aliphatic carbocycles. The highest BCUT2D eigenvalue weighted by molar-refractivity contribution is 5.74. The molecule has 0 N–H and O–H groups in total. The Morgan fingerprint density at radius 2 is 0.923 bits per heavy atom. The molecule has 0 radical (unpaired) electrons. The summed E-state index contributed by atoms with van der Waals surface area (Å²) in [5, 5.41) is 0. The van der Waals surface area contributed by atoms with Crippen LogP contribution in [-0.2, 0) is 20.1 Å². The highest BCUT2D eigenvalue weighted by Gasteiger charge is 2.12. The first-order valence-electron chi connectivity index (χ1n) is 13.0. The maximum absolute atomic E-state index is 4.88. The number of hydrogen-bond acceptors (Lipinski definition) is 3. The molecule has 0 atom stereocenters. The molecule has 0 unspecified atom stereocenters. The van der Waals surface area contributed by atoms with Crippen molar-refractivity contribution >= 4 is 0 Å². The van der Waals surface area contributed by atoms with E-state index in [4.69, 9.17) is 4.98 Å². The molecule has 0 fully saturated rings. The summed E-state index contributed by atoms with van der Waals surface area (Å²) in [4.78, 5) is 13.9. The molecule has 6 aromatic rings. The van der Waals surface area contributed by atoms with E-state index in [-0.39, 0.29) is 0 Å². The van der Waals surface area contributed by atoms with Gasteiger partial charge in [0.1, 0.15) is 7.05 Å². The number of hydrogen-bond donors (Lipinski definition) is 0. The fourth-order valence-electron chi connectivity index (χ4n) is 4.51. The smallest absolute Gasteiger partial charge is 0.206 e. The molecule has 0 saturated carbocycles. The molecule has 39 heavy (non-hydrogen) atoms. The van der Waals surface area contributed by atoms with E-state index in [9.17, 15) is 0 Å². The third kappa shape index (κ3) is 5.75. The molecule has 0 amide bonds. The zero-order valence-electron chi connectivity index (χ0n) is 21.8. The van der Waals surface area contributed by atoms with Crippen molar-refractivity contribution in [1.82, 2.24) is 15.0 Å². The fraction of sp³-hybridized carbons (Fsp3) is 0.0909. The van der Waals surface area contributed by atoms with Crippen molar-refractivity contribution in [3.8, 4) is 45.0 Å². The van der Waals surface area contributed by atoms with Gasteiger partial charge in [0.15, 0.2) is 37.2 Å². The molecular weight excluding hydrogens is 480 g/mol. The molecule has 0 aliphatic heterocycles. The summed E-state index contributed by atoms with van der Waals surface area (Å²) in [6, 6.07) is 28.9. The number of nitrogens with zero attached hydrogens (tertiary/aromatic N) is 6.